The fourth-order valence-corrected chi connectivity index (χ4v) is 4.89. The van der Waals surface area contributed by atoms with Crippen LogP contribution in [0, 0.1) is 23.7 Å². The summed E-state index contributed by atoms with van der Waals surface area (Å²) < 4.78 is 0. The highest BCUT2D eigenvalue weighted by atomic mass is 16.4. The first kappa shape index (κ1) is 12.5. The standard InChI is InChI=1S/C15H25NO2/c1-2-10(15(17)18)9-12-3-4-13-11-5-7-16(8-6-11)14(12)13/h10-14H,2-9H2,1H3,(H,17,18). The maximum absolute atomic E-state index is 11.2. The summed E-state index contributed by atoms with van der Waals surface area (Å²) in [4.78, 5) is 13.9. The molecule has 3 aliphatic heterocycles. The summed E-state index contributed by atoms with van der Waals surface area (Å²) in [6, 6.07) is 0.728. The van der Waals surface area contributed by atoms with Crippen molar-refractivity contribution in [2.24, 2.45) is 23.7 Å². The van der Waals surface area contributed by atoms with Gasteiger partial charge in [0.05, 0.1) is 5.92 Å². The summed E-state index contributed by atoms with van der Waals surface area (Å²) in [7, 11) is 0. The Morgan fingerprint density at radius 2 is 2.00 bits per heavy atom. The zero-order valence-corrected chi connectivity index (χ0v) is 11.3. The first-order valence-electron chi connectivity index (χ1n) is 7.67. The molecule has 0 aromatic rings. The van der Waals surface area contributed by atoms with Crippen LogP contribution in [0.3, 0.4) is 0 Å². The van der Waals surface area contributed by atoms with E-state index in [0.29, 0.717) is 5.92 Å². The molecule has 4 aliphatic rings. The lowest BCUT2D eigenvalue weighted by molar-refractivity contribution is -0.142. The van der Waals surface area contributed by atoms with E-state index in [2.05, 4.69) is 4.90 Å². The third kappa shape index (κ3) is 1.97. The van der Waals surface area contributed by atoms with Gasteiger partial charge in [-0.15, -0.1) is 0 Å². The van der Waals surface area contributed by atoms with Crippen LogP contribution in [0.25, 0.3) is 0 Å². The zero-order valence-electron chi connectivity index (χ0n) is 11.3. The molecule has 4 unspecified atom stereocenters. The third-order valence-electron chi connectivity index (χ3n) is 5.82. The van der Waals surface area contributed by atoms with Crippen molar-refractivity contribution in [2.75, 3.05) is 13.1 Å². The van der Waals surface area contributed by atoms with Gasteiger partial charge in [-0.1, -0.05) is 6.92 Å². The normalized spacial score (nSPS) is 43.7. The van der Waals surface area contributed by atoms with E-state index in [4.69, 9.17) is 0 Å². The maximum atomic E-state index is 11.2. The van der Waals surface area contributed by atoms with Crippen molar-refractivity contribution in [3.05, 3.63) is 0 Å². The molecule has 4 fully saturated rings. The van der Waals surface area contributed by atoms with Crippen LogP contribution in [0.4, 0.5) is 0 Å². The fourth-order valence-electron chi connectivity index (χ4n) is 4.89. The number of carboxylic acid groups (broad SMARTS) is 1. The quantitative estimate of drug-likeness (QED) is 0.835. The Kier molecular flexibility index (Phi) is 3.35. The molecule has 0 amide bonds. The summed E-state index contributed by atoms with van der Waals surface area (Å²) >= 11 is 0. The minimum atomic E-state index is -0.586. The van der Waals surface area contributed by atoms with Crippen LogP contribution >= 0.6 is 0 Å². The van der Waals surface area contributed by atoms with Crippen molar-refractivity contribution in [1.82, 2.24) is 4.90 Å². The summed E-state index contributed by atoms with van der Waals surface area (Å²) in [6.07, 6.45) is 7.11. The predicted octanol–water partition coefficient (Wildman–Crippen LogP) is 2.61. The van der Waals surface area contributed by atoms with Crippen LogP contribution < -0.4 is 0 Å². The van der Waals surface area contributed by atoms with Crippen molar-refractivity contribution in [3.8, 4) is 0 Å². The first-order chi connectivity index (χ1) is 8.70. The number of rotatable bonds is 4. The predicted molar refractivity (Wildman–Crippen MR) is 70.3 cm³/mol. The van der Waals surface area contributed by atoms with Gasteiger partial charge in [0.15, 0.2) is 0 Å². The Morgan fingerprint density at radius 1 is 1.28 bits per heavy atom. The second-order valence-corrected chi connectivity index (χ2v) is 6.54. The van der Waals surface area contributed by atoms with Crippen LogP contribution in [0.1, 0.15) is 45.4 Å². The van der Waals surface area contributed by atoms with Gasteiger partial charge in [0.1, 0.15) is 0 Å². The van der Waals surface area contributed by atoms with E-state index in [1.54, 1.807) is 0 Å². The van der Waals surface area contributed by atoms with Crippen LogP contribution in [-0.2, 0) is 4.79 Å². The van der Waals surface area contributed by atoms with Gasteiger partial charge in [-0.3, -0.25) is 9.69 Å². The number of fused-ring (bicyclic) bond motifs is 2. The number of carbonyl (C=O) groups is 1. The molecule has 0 aromatic carbocycles. The zero-order chi connectivity index (χ0) is 12.7. The van der Waals surface area contributed by atoms with Gasteiger partial charge in [-0.05, 0) is 69.4 Å². The van der Waals surface area contributed by atoms with Crippen molar-refractivity contribution in [1.29, 1.82) is 0 Å². The van der Waals surface area contributed by atoms with E-state index in [-0.39, 0.29) is 5.92 Å². The van der Waals surface area contributed by atoms with Crippen molar-refractivity contribution < 1.29 is 9.90 Å². The number of hydrogen-bond donors (Lipinski definition) is 1. The van der Waals surface area contributed by atoms with Crippen molar-refractivity contribution in [3.63, 3.8) is 0 Å². The summed E-state index contributed by atoms with van der Waals surface area (Å²) in [6.45, 7) is 4.55. The first-order valence-corrected chi connectivity index (χ1v) is 7.67. The topological polar surface area (TPSA) is 40.5 Å². The molecule has 2 bridgehead atoms. The molecule has 4 atom stereocenters. The molecular formula is C15H25NO2. The van der Waals surface area contributed by atoms with E-state index >= 15 is 0 Å². The smallest absolute Gasteiger partial charge is 0.306 e. The molecule has 3 nitrogen and oxygen atoms in total. The Bertz CT molecular complexity index is 322. The molecule has 102 valence electrons. The SMILES string of the molecule is CCC(CC1CCC2C3CCN(CC3)C12)C(=O)O. The number of hydrogen-bond acceptors (Lipinski definition) is 2. The van der Waals surface area contributed by atoms with Crippen LogP contribution in [-0.4, -0.2) is 35.1 Å². The van der Waals surface area contributed by atoms with E-state index in [1.807, 2.05) is 6.92 Å². The van der Waals surface area contributed by atoms with E-state index in [0.717, 1.165) is 30.7 Å². The van der Waals surface area contributed by atoms with Crippen molar-refractivity contribution in [2.45, 2.75) is 51.5 Å². The number of carboxylic acids is 1. The summed E-state index contributed by atoms with van der Waals surface area (Å²) in [5.74, 6) is 1.80. The highest BCUT2D eigenvalue weighted by Gasteiger charge is 2.49. The van der Waals surface area contributed by atoms with Gasteiger partial charge in [-0.25, -0.2) is 0 Å². The number of piperidine rings is 3. The highest BCUT2D eigenvalue weighted by molar-refractivity contribution is 5.69. The van der Waals surface area contributed by atoms with Crippen LogP contribution in [0.5, 0.6) is 0 Å². The monoisotopic (exact) mass is 251 g/mol. The number of nitrogens with zero attached hydrogens (tertiary/aromatic N) is 1. The van der Waals surface area contributed by atoms with Crippen molar-refractivity contribution >= 4 is 5.97 Å². The summed E-state index contributed by atoms with van der Waals surface area (Å²) in [5, 5.41) is 9.25. The lowest BCUT2D eigenvalue weighted by atomic mass is 9.73. The second kappa shape index (κ2) is 4.84. The third-order valence-corrected chi connectivity index (χ3v) is 5.82. The van der Waals surface area contributed by atoms with E-state index in [9.17, 15) is 9.90 Å². The molecule has 0 aromatic heterocycles. The van der Waals surface area contributed by atoms with Gasteiger partial charge in [-0.2, -0.15) is 0 Å². The van der Waals surface area contributed by atoms with E-state index < -0.39 is 5.97 Å². The minimum absolute atomic E-state index is 0.115. The van der Waals surface area contributed by atoms with E-state index in [1.165, 1.54) is 38.8 Å². The molecule has 1 N–H and O–H groups in total. The Morgan fingerprint density at radius 3 is 2.61 bits per heavy atom. The molecular weight excluding hydrogens is 226 g/mol. The molecule has 3 heterocycles. The largest absolute Gasteiger partial charge is 0.481 e. The van der Waals surface area contributed by atoms with Gasteiger partial charge < -0.3 is 5.11 Å². The molecule has 3 heteroatoms. The molecule has 1 saturated carbocycles. The van der Waals surface area contributed by atoms with Crippen LogP contribution in [0.15, 0.2) is 0 Å². The lowest BCUT2D eigenvalue weighted by Crippen LogP contribution is -2.54. The Labute approximate surface area is 110 Å². The molecule has 1 aliphatic carbocycles. The van der Waals surface area contributed by atoms with Gasteiger partial charge in [0.25, 0.3) is 0 Å². The van der Waals surface area contributed by atoms with Gasteiger partial charge >= 0.3 is 5.97 Å². The molecule has 18 heavy (non-hydrogen) atoms. The molecule has 0 radical (unpaired) electrons. The Hall–Kier alpha value is -0.570. The average Bonchev–Trinajstić information content (AvgIpc) is 2.83. The molecule has 0 spiro atoms. The minimum Gasteiger partial charge on any atom is -0.481 e. The molecule has 3 saturated heterocycles. The lowest BCUT2D eigenvalue weighted by Gasteiger charge is -2.50. The van der Waals surface area contributed by atoms with Gasteiger partial charge in [0, 0.05) is 6.04 Å². The average molecular weight is 251 g/mol. The highest BCUT2D eigenvalue weighted by Crippen LogP contribution is 2.49. The Balaban J connectivity index is 1.69. The van der Waals surface area contributed by atoms with Crippen LogP contribution in [0.2, 0.25) is 0 Å². The maximum Gasteiger partial charge on any atom is 0.306 e. The van der Waals surface area contributed by atoms with Gasteiger partial charge in [0.2, 0.25) is 0 Å². The summed E-state index contributed by atoms with van der Waals surface area (Å²) in [5.41, 5.74) is 0. The second-order valence-electron chi connectivity index (χ2n) is 6.54. The fraction of sp³-hybridized carbons (Fsp3) is 0.933. The molecule has 4 rings (SSSR count). The number of aliphatic carboxylic acids is 1.